The number of methoxy groups -OCH3 is 1. The Balaban J connectivity index is 2.01. The number of amides is 1. The first-order chi connectivity index (χ1) is 14.2. The number of nitrogens with zero attached hydrogens (tertiary/aromatic N) is 1. The lowest BCUT2D eigenvalue weighted by Crippen LogP contribution is -2.44. The first kappa shape index (κ1) is 21.8. The van der Waals surface area contributed by atoms with Gasteiger partial charge in [0.15, 0.2) is 0 Å². The summed E-state index contributed by atoms with van der Waals surface area (Å²) >= 11 is 0. The standard InChI is InChI=1S/C22H23F3N2O3/c1-3-16-17(22(23,24)25)9-12-26-18(16)20(28)27-19(21(29)10-4-5-11-21)14-7-6-8-15(13-14)30-2/h3,6-9,12-13,19,29H,1,4-5,10-11H2,2H3,(H,27,28). The average Bonchev–Trinajstić information content (AvgIpc) is 3.17. The van der Waals surface area contributed by atoms with Crippen LogP contribution in [0.3, 0.4) is 0 Å². The summed E-state index contributed by atoms with van der Waals surface area (Å²) in [5.41, 5.74) is -2.41. The van der Waals surface area contributed by atoms with Crippen LogP contribution < -0.4 is 10.1 Å². The SMILES string of the molecule is C=Cc1c(C(F)(F)F)ccnc1C(=O)NC(c1cccc(OC)c1)C1(O)CCCC1. The fourth-order valence-corrected chi connectivity index (χ4v) is 3.93. The Bertz CT molecular complexity index is 937. The average molecular weight is 420 g/mol. The van der Waals surface area contributed by atoms with Gasteiger partial charge in [0, 0.05) is 11.8 Å². The van der Waals surface area contributed by atoms with E-state index in [0.717, 1.165) is 31.2 Å². The van der Waals surface area contributed by atoms with Crippen LogP contribution >= 0.6 is 0 Å². The second-order valence-corrected chi connectivity index (χ2v) is 7.32. The number of hydrogen-bond donors (Lipinski definition) is 2. The molecule has 1 aliphatic rings. The number of rotatable bonds is 6. The molecule has 1 fully saturated rings. The molecule has 160 valence electrons. The molecular weight excluding hydrogens is 397 g/mol. The predicted octanol–water partition coefficient (Wildman–Crippen LogP) is 4.53. The Labute approximate surface area is 172 Å². The largest absolute Gasteiger partial charge is 0.497 e. The van der Waals surface area contributed by atoms with Gasteiger partial charge in [-0.2, -0.15) is 13.2 Å². The zero-order valence-electron chi connectivity index (χ0n) is 16.5. The quantitative estimate of drug-likeness (QED) is 0.721. The third kappa shape index (κ3) is 4.33. The molecule has 1 aromatic carbocycles. The van der Waals surface area contributed by atoms with Gasteiger partial charge in [0.05, 0.1) is 24.3 Å². The van der Waals surface area contributed by atoms with Gasteiger partial charge < -0.3 is 15.2 Å². The Morgan fingerprint density at radius 3 is 2.63 bits per heavy atom. The Kier molecular flexibility index (Phi) is 6.17. The fraction of sp³-hybridized carbons (Fsp3) is 0.364. The molecule has 5 nitrogen and oxygen atoms in total. The van der Waals surface area contributed by atoms with E-state index in [2.05, 4.69) is 16.9 Å². The van der Waals surface area contributed by atoms with Crippen molar-refractivity contribution < 1.29 is 27.8 Å². The molecule has 1 saturated carbocycles. The van der Waals surface area contributed by atoms with Crippen LogP contribution in [0.4, 0.5) is 13.2 Å². The maximum atomic E-state index is 13.3. The highest BCUT2D eigenvalue weighted by molar-refractivity contribution is 5.96. The summed E-state index contributed by atoms with van der Waals surface area (Å²) in [6.07, 6.45) is -0.263. The van der Waals surface area contributed by atoms with Crippen LogP contribution in [0.2, 0.25) is 0 Å². The summed E-state index contributed by atoms with van der Waals surface area (Å²) in [4.78, 5) is 16.9. The molecule has 0 aliphatic heterocycles. The van der Waals surface area contributed by atoms with Crippen molar-refractivity contribution in [3.63, 3.8) is 0 Å². The number of carbonyl (C=O) groups excluding carboxylic acids is 1. The molecule has 1 atom stereocenters. The predicted molar refractivity (Wildman–Crippen MR) is 106 cm³/mol. The Morgan fingerprint density at radius 2 is 2.03 bits per heavy atom. The lowest BCUT2D eigenvalue weighted by molar-refractivity contribution is -0.137. The van der Waals surface area contributed by atoms with Gasteiger partial charge in [-0.3, -0.25) is 9.78 Å². The minimum Gasteiger partial charge on any atom is -0.497 e. The topological polar surface area (TPSA) is 71.5 Å². The van der Waals surface area contributed by atoms with Gasteiger partial charge in [0.2, 0.25) is 0 Å². The summed E-state index contributed by atoms with van der Waals surface area (Å²) < 4.78 is 45.2. The maximum absolute atomic E-state index is 13.3. The van der Waals surface area contributed by atoms with E-state index in [9.17, 15) is 23.1 Å². The molecule has 8 heteroatoms. The van der Waals surface area contributed by atoms with Gasteiger partial charge >= 0.3 is 6.18 Å². The minimum atomic E-state index is -4.66. The highest BCUT2D eigenvalue weighted by atomic mass is 19.4. The van der Waals surface area contributed by atoms with Crippen LogP contribution in [0.25, 0.3) is 6.08 Å². The maximum Gasteiger partial charge on any atom is 0.417 e. The number of hydrogen-bond acceptors (Lipinski definition) is 4. The van der Waals surface area contributed by atoms with Crippen molar-refractivity contribution in [2.45, 2.75) is 43.5 Å². The minimum absolute atomic E-state index is 0.394. The Morgan fingerprint density at radius 1 is 1.33 bits per heavy atom. The number of halogens is 3. The summed E-state index contributed by atoms with van der Waals surface area (Å²) in [6.45, 7) is 3.41. The molecule has 1 heterocycles. The number of alkyl halides is 3. The zero-order chi connectivity index (χ0) is 21.9. The number of ether oxygens (including phenoxy) is 1. The highest BCUT2D eigenvalue weighted by Crippen LogP contribution is 2.41. The third-order valence-corrected chi connectivity index (χ3v) is 5.42. The second-order valence-electron chi connectivity index (χ2n) is 7.32. The van der Waals surface area contributed by atoms with E-state index < -0.39 is 40.5 Å². The number of benzene rings is 1. The highest BCUT2D eigenvalue weighted by Gasteiger charge is 2.42. The van der Waals surface area contributed by atoms with Crippen LogP contribution in [0, 0.1) is 0 Å². The van der Waals surface area contributed by atoms with Crippen molar-refractivity contribution in [2.75, 3.05) is 7.11 Å². The molecule has 1 aromatic heterocycles. The molecule has 2 aromatic rings. The molecule has 0 radical (unpaired) electrons. The van der Waals surface area contributed by atoms with Gasteiger partial charge in [-0.25, -0.2) is 0 Å². The van der Waals surface area contributed by atoms with Crippen molar-refractivity contribution in [1.82, 2.24) is 10.3 Å². The first-order valence-electron chi connectivity index (χ1n) is 9.55. The summed E-state index contributed by atoms with van der Waals surface area (Å²) in [7, 11) is 1.50. The molecule has 0 saturated heterocycles. The molecule has 1 aliphatic carbocycles. The fourth-order valence-electron chi connectivity index (χ4n) is 3.93. The molecule has 0 spiro atoms. The van der Waals surface area contributed by atoms with E-state index in [1.165, 1.54) is 7.11 Å². The summed E-state index contributed by atoms with van der Waals surface area (Å²) in [6, 6.07) is 6.84. The Hall–Kier alpha value is -2.87. The van der Waals surface area contributed by atoms with E-state index >= 15 is 0 Å². The monoisotopic (exact) mass is 420 g/mol. The molecule has 2 N–H and O–H groups in total. The smallest absolute Gasteiger partial charge is 0.417 e. The van der Waals surface area contributed by atoms with Crippen LogP contribution in [-0.2, 0) is 6.18 Å². The van der Waals surface area contributed by atoms with Gasteiger partial charge in [0.1, 0.15) is 11.4 Å². The number of aromatic nitrogens is 1. The van der Waals surface area contributed by atoms with E-state index in [1.54, 1.807) is 24.3 Å². The second kappa shape index (κ2) is 8.47. The third-order valence-electron chi connectivity index (χ3n) is 5.42. The van der Waals surface area contributed by atoms with Crippen molar-refractivity contribution in [3.8, 4) is 5.75 Å². The molecular formula is C22H23F3N2O3. The lowest BCUT2D eigenvalue weighted by Gasteiger charge is -2.34. The number of carbonyl (C=O) groups is 1. The van der Waals surface area contributed by atoms with Crippen LogP contribution in [0.15, 0.2) is 43.1 Å². The number of nitrogens with one attached hydrogen (secondary N) is 1. The normalized spacial score (nSPS) is 16.7. The molecule has 30 heavy (non-hydrogen) atoms. The van der Waals surface area contributed by atoms with Gasteiger partial charge in [-0.1, -0.05) is 37.6 Å². The van der Waals surface area contributed by atoms with Gasteiger partial charge in [0.25, 0.3) is 5.91 Å². The van der Waals surface area contributed by atoms with E-state index in [1.807, 2.05) is 0 Å². The van der Waals surface area contributed by atoms with Gasteiger partial charge in [-0.05, 0) is 36.6 Å². The first-order valence-corrected chi connectivity index (χ1v) is 9.55. The zero-order valence-corrected chi connectivity index (χ0v) is 16.5. The number of aliphatic hydroxyl groups is 1. The van der Waals surface area contributed by atoms with Crippen LogP contribution in [-0.4, -0.2) is 28.7 Å². The van der Waals surface area contributed by atoms with Crippen LogP contribution in [0.5, 0.6) is 5.75 Å². The van der Waals surface area contributed by atoms with E-state index in [-0.39, 0.29) is 0 Å². The molecule has 1 unspecified atom stereocenters. The van der Waals surface area contributed by atoms with Crippen LogP contribution in [0.1, 0.15) is 58.9 Å². The summed E-state index contributed by atoms with van der Waals surface area (Å²) in [5.74, 6) is -0.276. The van der Waals surface area contributed by atoms with Crippen molar-refractivity contribution >= 4 is 12.0 Å². The molecule has 1 amide bonds. The van der Waals surface area contributed by atoms with Gasteiger partial charge in [-0.15, -0.1) is 0 Å². The van der Waals surface area contributed by atoms with Crippen molar-refractivity contribution in [2.24, 2.45) is 0 Å². The van der Waals surface area contributed by atoms with E-state index in [4.69, 9.17) is 4.74 Å². The van der Waals surface area contributed by atoms with Crippen molar-refractivity contribution in [3.05, 3.63) is 65.5 Å². The number of pyridine rings is 1. The lowest BCUT2D eigenvalue weighted by atomic mass is 9.86. The summed E-state index contributed by atoms with van der Waals surface area (Å²) in [5, 5.41) is 13.9. The van der Waals surface area contributed by atoms with E-state index in [0.29, 0.717) is 24.2 Å². The van der Waals surface area contributed by atoms with Crippen molar-refractivity contribution in [1.29, 1.82) is 0 Å². The molecule has 0 bridgehead atoms. The molecule has 3 rings (SSSR count).